The number of esters is 1. The summed E-state index contributed by atoms with van der Waals surface area (Å²) in [6, 6.07) is 22.6. The van der Waals surface area contributed by atoms with Crippen molar-refractivity contribution in [1.82, 2.24) is 10.6 Å². The average molecular weight is 665 g/mol. The van der Waals surface area contributed by atoms with Gasteiger partial charge in [0.1, 0.15) is 13.2 Å². The first-order chi connectivity index (χ1) is 23.0. The van der Waals surface area contributed by atoms with Crippen LogP contribution in [0.2, 0.25) is 0 Å². The molecule has 0 aromatic heterocycles. The van der Waals surface area contributed by atoms with Gasteiger partial charge in [-0.15, -0.1) is 0 Å². The third-order valence-electron chi connectivity index (χ3n) is 7.68. The van der Waals surface area contributed by atoms with Gasteiger partial charge in [0.05, 0.1) is 27.4 Å². The van der Waals surface area contributed by atoms with Crippen molar-refractivity contribution in [2.45, 2.75) is 57.3 Å². The molecule has 0 atom stereocenters. The molecule has 0 heterocycles. The fourth-order valence-electron chi connectivity index (χ4n) is 5.08. The number of rotatable bonds is 22. The Balaban J connectivity index is 1.42. The van der Waals surface area contributed by atoms with Crippen molar-refractivity contribution in [3.05, 3.63) is 89.5 Å². The summed E-state index contributed by atoms with van der Waals surface area (Å²) in [5, 5.41) is 5.07. The van der Waals surface area contributed by atoms with Crippen LogP contribution in [0.4, 0.5) is 0 Å². The Kier molecular flexibility index (Phi) is 17.1. The number of carbonyl (C=O) groups is 3. The van der Waals surface area contributed by atoms with E-state index in [9.17, 15) is 14.4 Å². The van der Waals surface area contributed by atoms with Crippen LogP contribution in [0.1, 0.15) is 78.8 Å². The van der Waals surface area contributed by atoms with Crippen molar-refractivity contribution in [3.8, 4) is 17.2 Å². The molecule has 0 bridgehead atoms. The molecule has 2 amide bonds. The van der Waals surface area contributed by atoms with Gasteiger partial charge in [-0.1, -0.05) is 99.2 Å². The average Bonchev–Trinajstić information content (AvgIpc) is 3.11. The topological polar surface area (TPSA) is 112 Å². The summed E-state index contributed by atoms with van der Waals surface area (Å²) >= 11 is 4.25. The monoisotopic (exact) mass is 664 g/mol. The van der Waals surface area contributed by atoms with Crippen molar-refractivity contribution in [1.29, 1.82) is 0 Å². The molecule has 0 spiro atoms. The summed E-state index contributed by atoms with van der Waals surface area (Å²) < 4.78 is 22.5. The second kappa shape index (κ2) is 21.6. The Morgan fingerprint density at radius 3 is 1.77 bits per heavy atom. The minimum absolute atomic E-state index is 0.125. The first-order valence-corrected chi connectivity index (χ1v) is 16.9. The lowest BCUT2D eigenvalue weighted by Crippen LogP contribution is -2.39. The molecule has 10 heteroatoms. The van der Waals surface area contributed by atoms with E-state index in [1.165, 1.54) is 46.3 Å². The fraction of sp³-hybridized carbons (Fsp3) is 0.432. The molecule has 0 saturated carbocycles. The number of thiol groups is 1. The van der Waals surface area contributed by atoms with Crippen LogP contribution in [0.3, 0.4) is 0 Å². The molecule has 2 N–H and O–H groups in total. The summed E-state index contributed by atoms with van der Waals surface area (Å²) in [5.41, 5.74) is 2.27. The molecule has 254 valence electrons. The van der Waals surface area contributed by atoms with Crippen LogP contribution in [0.15, 0.2) is 72.8 Å². The maximum Gasteiger partial charge on any atom is 0.325 e. The number of hydrogen-bond acceptors (Lipinski definition) is 8. The van der Waals surface area contributed by atoms with Crippen LogP contribution in [0, 0.1) is 0 Å². The molecule has 47 heavy (non-hydrogen) atoms. The van der Waals surface area contributed by atoms with E-state index in [4.69, 9.17) is 18.9 Å². The second-order valence-electron chi connectivity index (χ2n) is 11.1. The normalized spacial score (nSPS) is 10.7. The molecule has 3 aromatic carbocycles. The number of hydrogen-bond donors (Lipinski definition) is 3. The van der Waals surface area contributed by atoms with Gasteiger partial charge in [-0.2, -0.15) is 12.6 Å². The third kappa shape index (κ3) is 13.2. The molecule has 3 aromatic rings. The van der Waals surface area contributed by atoms with Crippen molar-refractivity contribution in [3.63, 3.8) is 0 Å². The molecular weight excluding hydrogens is 616 g/mol. The second-order valence-corrected chi connectivity index (χ2v) is 11.6. The van der Waals surface area contributed by atoms with Gasteiger partial charge >= 0.3 is 5.97 Å². The molecular formula is C37H48N2O7S. The summed E-state index contributed by atoms with van der Waals surface area (Å²) in [4.78, 5) is 37.8. The minimum atomic E-state index is -0.577. The van der Waals surface area contributed by atoms with E-state index < -0.39 is 17.8 Å². The van der Waals surface area contributed by atoms with Crippen molar-refractivity contribution >= 4 is 30.4 Å². The van der Waals surface area contributed by atoms with Gasteiger partial charge in [0.2, 0.25) is 11.7 Å². The van der Waals surface area contributed by atoms with Crippen LogP contribution in [-0.2, 0) is 14.3 Å². The predicted octanol–water partition coefficient (Wildman–Crippen LogP) is 6.35. The summed E-state index contributed by atoms with van der Waals surface area (Å²) in [6.45, 7) is -0.0321. The Labute approximate surface area is 284 Å². The number of amides is 2. The van der Waals surface area contributed by atoms with E-state index in [1.54, 1.807) is 12.1 Å². The lowest BCUT2D eigenvalue weighted by Gasteiger charge is -2.18. The SMILES string of the molecule is COc1cc(C(=O)NCC(=O)NCC(=O)OCC(c2ccccc2)c2ccccc2)cc(OC)c1OCCCCCCCCCCS. The summed E-state index contributed by atoms with van der Waals surface area (Å²) in [6.07, 6.45) is 9.28. The highest BCUT2D eigenvalue weighted by molar-refractivity contribution is 7.80. The molecule has 0 aliphatic rings. The van der Waals surface area contributed by atoms with Crippen LogP contribution >= 0.6 is 12.6 Å². The zero-order valence-corrected chi connectivity index (χ0v) is 28.4. The van der Waals surface area contributed by atoms with Gasteiger partial charge in [-0.05, 0) is 41.9 Å². The van der Waals surface area contributed by atoms with Crippen molar-refractivity contribution in [2.24, 2.45) is 0 Å². The summed E-state index contributed by atoms with van der Waals surface area (Å²) in [7, 11) is 2.98. The number of unbranched alkanes of at least 4 members (excludes halogenated alkanes) is 7. The largest absolute Gasteiger partial charge is 0.493 e. The molecule has 9 nitrogen and oxygen atoms in total. The van der Waals surface area contributed by atoms with E-state index in [0.717, 1.165) is 36.1 Å². The Bertz CT molecular complexity index is 1310. The van der Waals surface area contributed by atoms with Crippen LogP contribution in [0.25, 0.3) is 0 Å². The molecule has 0 fully saturated rings. The van der Waals surface area contributed by atoms with Gasteiger partial charge in [0, 0.05) is 11.5 Å². The van der Waals surface area contributed by atoms with E-state index in [0.29, 0.717) is 23.9 Å². The minimum Gasteiger partial charge on any atom is -0.493 e. The number of nitrogens with one attached hydrogen (secondary N) is 2. The van der Waals surface area contributed by atoms with Gasteiger partial charge in [-0.3, -0.25) is 14.4 Å². The quantitative estimate of drug-likeness (QED) is 0.0652. The third-order valence-corrected chi connectivity index (χ3v) is 7.99. The van der Waals surface area contributed by atoms with Gasteiger partial charge in [0.15, 0.2) is 11.5 Å². The zero-order chi connectivity index (χ0) is 33.7. The maximum atomic E-state index is 12.9. The number of carbonyl (C=O) groups excluding carboxylic acids is 3. The van der Waals surface area contributed by atoms with Crippen LogP contribution in [-0.4, -0.2) is 64.1 Å². The van der Waals surface area contributed by atoms with Crippen molar-refractivity contribution in [2.75, 3.05) is 46.3 Å². The standard InChI is InChI=1S/C37H48N2O7S/c1-43-32-23-30(24-33(44-2)36(32)45-21-15-7-5-3-4-6-8-16-22-47)37(42)39-25-34(40)38-26-35(41)46-27-31(28-17-11-9-12-18-28)29-19-13-10-14-20-29/h9-14,17-20,23-24,31,47H,3-8,15-16,21-22,25-27H2,1-2H3,(H,38,40)(H,39,42). The van der Waals surface area contributed by atoms with Gasteiger partial charge < -0.3 is 29.6 Å². The smallest absolute Gasteiger partial charge is 0.325 e. The zero-order valence-electron chi connectivity index (χ0n) is 27.5. The highest BCUT2D eigenvalue weighted by Gasteiger charge is 2.19. The van der Waals surface area contributed by atoms with Crippen LogP contribution in [0.5, 0.6) is 17.2 Å². The lowest BCUT2D eigenvalue weighted by molar-refractivity contribution is -0.144. The molecule has 0 aliphatic heterocycles. The van der Waals surface area contributed by atoms with E-state index in [1.807, 2.05) is 60.7 Å². The molecule has 3 rings (SSSR count). The first kappa shape index (κ1) is 37.3. The maximum absolute atomic E-state index is 12.9. The Hall–Kier alpha value is -4.18. The highest BCUT2D eigenvalue weighted by atomic mass is 32.1. The van der Waals surface area contributed by atoms with Crippen LogP contribution < -0.4 is 24.8 Å². The number of ether oxygens (including phenoxy) is 4. The number of methoxy groups -OCH3 is 2. The van der Waals surface area contributed by atoms with Gasteiger partial charge in [-0.25, -0.2) is 0 Å². The van der Waals surface area contributed by atoms with Crippen molar-refractivity contribution < 1.29 is 33.3 Å². The molecule has 0 radical (unpaired) electrons. The number of benzene rings is 3. The van der Waals surface area contributed by atoms with Gasteiger partial charge in [0.25, 0.3) is 5.91 Å². The van der Waals surface area contributed by atoms with E-state index in [-0.39, 0.29) is 31.2 Å². The first-order valence-electron chi connectivity index (χ1n) is 16.3. The van der Waals surface area contributed by atoms with E-state index in [2.05, 4.69) is 23.3 Å². The van der Waals surface area contributed by atoms with E-state index >= 15 is 0 Å². The molecule has 0 unspecified atom stereocenters. The molecule has 0 saturated heterocycles. The Morgan fingerprint density at radius 1 is 0.702 bits per heavy atom. The lowest BCUT2D eigenvalue weighted by atomic mass is 9.92. The predicted molar refractivity (Wildman–Crippen MR) is 187 cm³/mol. The fourth-order valence-corrected chi connectivity index (χ4v) is 5.30. The summed E-state index contributed by atoms with van der Waals surface area (Å²) in [5.74, 6) is 0.339. The highest BCUT2D eigenvalue weighted by Crippen LogP contribution is 2.38. The molecule has 0 aliphatic carbocycles. The Morgan fingerprint density at radius 2 is 1.23 bits per heavy atom.